The Labute approximate surface area is 104 Å². The van der Waals surface area contributed by atoms with Crippen LogP contribution in [0.3, 0.4) is 0 Å². The van der Waals surface area contributed by atoms with Crippen LogP contribution in [-0.2, 0) is 10.8 Å². The van der Waals surface area contributed by atoms with Crippen LogP contribution in [0.4, 0.5) is 0 Å². The minimum Gasteiger partial charge on any atom is -0.461 e. The molecule has 1 aromatic heterocycles. The van der Waals surface area contributed by atoms with Gasteiger partial charge in [0.1, 0.15) is 0 Å². The van der Waals surface area contributed by atoms with Crippen LogP contribution in [0.15, 0.2) is 22.8 Å². The fraction of sp³-hybridized carbons (Fsp3) is 0.615. The maximum absolute atomic E-state index is 12.1. The van der Waals surface area contributed by atoms with Gasteiger partial charge >= 0.3 is 0 Å². The van der Waals surface area contributed by atoms with Gasteiger partial charge in [0, 0.05) is 16.0 Å². The molecule has 94 valence electrons. The summed E-state index contributed by atoms with van der Waals surface area (Å²) in [5.74, 6) is 0.912. The maximum Gasteiger partial charge on any atom is 0.210 e. The van der Waals surface area contributed by atoms with E-state index in [1.165, 1.54) is 12.7 Å². The monoisotopic (exact) mass is 254 g/mol. The normalized spacial score (nSPS) is 26.6. The first-order chi connectivity index (χ1) is 8.16. The summed E-state index contributed by atoms with van der Waals surface area (Å²) < 4.78 is 17.1. The molecular formula is C13H18O3S. The summed E-state index contributed by atoms with van der Waals surface area (Å²) in [4.78, 5) is 11.8. The maximum atomic E-state index is 12.1. The Kier molecular flexibility index (Phi) is 4.15. The SMILES string of the molecule is CC1CCCC(S(=O)CC(=O)c2ccco2)C1. The molecule has 0 spiro atoms. The van der Waals surface area contributed by atoms with Crippen LogP contribution >= 0.6 is 0 Å². The number of hydrogen-bond donors (Lipinski definition) is 0. The van der Waals surface area contributed by atoms with Crippen LogP contribution in [0, 0.1) is 5.92 Å². The second-order valence-electron chi connectivity index (χ2n) is 4.82. The molecule has 1 aliphatic carbocycles. The van der Waals surface area contributed by atoms with Crippen molar-refractivity contribution < 1.29 is 13.4 Å². The molecule has 1 aromatic rings. The molecule has 4 heteroatoms. The number of carbonyl (C=O) groups is 1. The summed E-state index contributed by atoms with van der Waals surface area (Å²) in [5.41, 5.74) is 0. The molecule has 3 atom stereocenters. The lowest BCUT2D eigenvalue weighted by Crippen LogP contribution is -2.27. The van der Waals surface area contributed by atoms with Crippen molar-refractivity contribution in [3.05, 3.63) is 24.2 Å². The van der Waals surface area contributed by atoms with Crippen LogP contribution < -0.4 is 0 Å². The van der Waals surface area contributed by atoms with Crippen LogP contribution in [0.1, 0.15) is 43.2 Å². The smallest absolute Gasteiger partial charge is 0.210 e. The zero-order chi connectivity index (χ0) is 12.3. The van der Waals surface area contributed by atoms with Gasteiger partial charge in [0.2, 0.25) is 5.78 Å². The average Bonchev–Trinajstić information content (AvgIpc) is 2.82. The summed E-state index contributed by atoms with van der Waals surface area (Å²) >= 11 is 0. The number of ketones is 1. The van der Waals surface area contributed by atoms with Crippen molar-refractivity contribution in [2.24, 2.45) is 5.92 Å². The molecule has 1 aliphatic rings. The van der Waals surface area contributed by atoms with Crippen molar-refractivity contribution in [3.8, 4) is 0 Å². The van der Waals surface area contributed by atoms with Crippen LogP contribution in [0.25, 0.3) is 0 Å². The molecule has 0 amide bonds. The minimum absolute atomic E-state index is 0.102. The highest BCUT2D eigenvalue weighted by Gasteiger charge is 2.26. The summed E-state index contributed by atoms with van der Waals surface area (Å²) in [6, 6.07) is 3.31. The van der Waals surface area contributed by atoms with E-state index in [9.17, 15) is 9.00 Å². The van der Waals surface area contributed by atoms with E-state index < -0.39 is 10.8 Å². The molecule has 1 heterocycles. The zero-order valence-corrected chi connectivity index (χ0v) is 10.9. The van der Waals surface area contributed by atoms with Gasteiger partial charge in [-0.3, -0.25) is 9.00 Å². The molecule has 0 radical (unpaired) electrons. The van der Waals surface area contributed by atoms with Crippen molar-refractivity contribution in [1.82, 2.24) is 0 Å². The molecule has 0 bridgehead atoms. The van der Waals surface area contributed by atoms with E-state index in [1.807, 2.05) is 0 Å². The predicted octanol–water partition coefficient (Wildman–Crippen LogP) is 2.79. The zero-order valence-electron chi connectivity index (χ0n) is 10.1. The Morgan fingerprint density at radius 3 is 3.00 bits per heavy atom. The quantitative estimate of drug-likeness (QED) is 0.776. The molecule has 0 saturated heterocycles. The van der Waals surface area contributed by atoms with Crippen molar-refractivity contribution in [1.29, 1.82) is 0 Å². The lowest BCUT2D eigenvalue weighted by Gasteiger charge is -2.25. The molecule has 3 nitrogen and oxygen atoms in total. The number of rotatable bonds is 4. The van der Waals surface area contributed by atoms with E-state index in [0.717, 1.165) is 19.3 Å². The molecule has 17 heavy (non-hydrogen) atoms. The van der Waals surface area contributed by atoms with E-state index in [2.05, 4.69) is 6.92 Å². The van der Waals surface area contributed by atoms with Gasteiger partial charge in [-0.05, 0) is 30.9 Å². The van der Waals surface area contributed by atoms with Gasteiger partial charge in [0.05, 0.1) is 12.0 Å². The standard InChI is InChI=1S/C13H18O3S/c1-10-4-2-5-11(8-10)17(15)9-12(14)13-6-3-7-16-13/h3,6-7,10-11H,2,4-5,8-9H2,1H3. The lowest BCUT2D eigenvalue weighted by molar-refractivity contribution is 0.0991. The Morgan fingerprint density at radius 2 is 2.35 bits per heavy atom. The highest BCUT2D eigenvalue weighted by molar-refractivity contribution is 7.86. The van der Waals surface area contributed by atoms with Gasteiger partial charge in [-0.2, -0.15) is 0 Å². The highest BCUT2D eigenvalue weighted by atomic mass is 32.2. The molecule has 0 aliphatic heterocycles. The molecule has 1 fully saturated rings. The second kappa shape index (κ2) is 5.63. The number of Topliss-reactive ketones (excluding diaryl/α,β-unsaturated/α-hetero) is 1. The van der Waals surface area contributed by atoms with E-state index in [0.29, 0.717) is 11.7 Å². The lowest BCUT2D eigenvalue weighted by atomic mass is 9.91. The largest absolute Gasteiger partial charge is 0.461 e. The van der Waals surface area contributed by atoms with Crippen LogP contribution in [0.2, 0.25) is 0 Å². The third kappa shape index (κ3) is 3.28. The molecule has 3 unspecified atom stereocenters. The van der Waals surface area contributed by atoms with Crippen molar-refractivity contribution in [3.63, 3.8) is 0 Å². The van der Waals surface area contributed by atoms with E-state index in [-0.39, 0.29) is 16.8 Å². The first-order valence-corrected chi connectivity index (χ1v) is 7.49. The molecule has 1 saturated carbocycles. The Bertz CT molecular complexity index is 397. The van der Waals surface area contributed by atoms with E-state index >= 15 is 0 Å². The Morgan fingerprint density at radius 1 is 1.53 bits per heavy atom. The third-order valence-electron chi connectivity index (χ3n) is 3.33. The number of furan rings is 1. The second-order valence-corrected chi connectivity index (χ2v) is 6.54. The summed E-state index contributed by atoms with van der Waals surface area (Å²) in [5, 5.41) is 0.192. The van der Waals surface area contributed by atoms with Gasteiger partial charge in [-0.25, -0.2) is 0 Å². The van der Waals surface area contributed by atoms with Gasteiger partial charge in [-0.15, -0.1) is 0 Å². The summed E-state index contributed by atoms with van der Waals surface area (Å²) in [6.45, 7) is 2.19. The predicted molar refractivity (Wildman–Crippen MR) is 67.5 cm³/mol. The average molecular weight is 254 g/mol. The van der Waals surface area contributed by atoms with Crippen molar-refractivity contribution in [2.75, 3.05) is 5.75 Å². The summed E-state index contributed by atoms with van der Waals surface area (Å²) in [7, 11) is -1.05. The van der Waals surface area contributed by atoms with Crippen LogP contribution in [-0.4, -0.2) is 21.0 Å². The number of carbonyl (C=O) groups excluding carboxylic acids is 1. The molecule has 0 aromatic carbocycles. The van der Waals surface area contributed by atoms with Gasteiger partial charge in [0.25, 0.3) is 0 Å². The molecular weight excluding hydrogens is 236 g/mol. The first kappa shape index (κ1) is 12.6. The van der Waals surface area contributed by atoms with Crippen molar-refractivity contribution in [2.45, 2.75) is 37.9 Å². The Hall–Kier alpha value is -0.900. The first-order valence-electron chi connectivity index (χ1n) is 6.10. The van der Waals surface area contributed by atoms with Gasteiger partial charge in [0.15, 0.2) is 5.76 Å². The molecule has 0 N–H and O–H groups in total. The van der Waals surface area contributed by atoms with E-state index in [1.54, 1.807) is 12.1 Å². The highest BCUT2D eigenvalue weighted by Crippen LogP contribution is 2.27. The minimum atomic E-state index is -1.05. The Balaban J connectivity index is 1.90. The number of hydrogen-bond acceptors (Lipinski definition) is 3. The third-order valence-corrected chi connectivity index (χ3v) is 5.05. The topological polar surface area (TPSA) is 47.3 Å². The fourth-order valence-corrected chi connectivity index (χ4v) is 3.98. The van der Waals surface area contributed by atoms with Gasteiger partial charge < -0.3 is 4.42 Å². The van der Waals surface area contributed by atoms with Crippen LogP contribution in [0.5, 0.6) is 0 Å². The van der Waals surface area contributed by atoms with E-state index in [4.69, 9.17) is 4.42 Å². The van der Waals surface area contributed by atoms with Crippen molar-refractivity contribution >= 4 is 16.6 Å². The summed E-state index contributed by atoms with van der Waals surface area (Å²) in [6.07, 6.45) is 5.80. The molecule has 2 rings (SSSR count). The van der Waals surface area contributed by atoms with Gasteiger partial charge in [-0.1, -0.05) is 19.8 Å². The fourth-order valence-electron chi connectivity index (χ4n) is 2.37.